The first-order chi connectivity index (χ1) is 7.15. The molecule has 0 aliphatic heterocycles. The Morgan fingerprint density at radius 1 is 1.33 bits per heavy atom. The molecule has 0 saturated carbocycles. The molecule has 1 rings (SSSR count). The molecule has 80 valence electrons. The lowest BCUT2D eigenvalue weighted by Crippen LogP contribution is -2.24. The fraction of sp³-hybridized carbons (Fsp3) is 0.250. The molecule has 0 atom stereocenters. The number of hydrogen-bond donors (Lipinski definition) is 2. The van der Waals surface area contributed by atoms with E-state index >= 15 is 0 Å². The summed E-state index contributed by atoms with van der Waals surface area (Å²) in [4.78, 5) is 11.4. The van der Waals surface area contributed by atoms with Crippen LogP contribution in [0.2, 0.25) is 0 Å². The minimum absolute atomic E-state index is 0.221. The van der Waals surface area contributed by atoms with E-state index in [2.05, 4.69) is 10.6 Å². The Labute approximate surface area is 90.2 Å². The van der Waals surface area contributed by atoms with Crippen LogP contribution in [0.5, 0.6) is 0 Å². The summed E-state index contributed by atoms with van der Waals surface area (Å²) in [7, 11) is 0. The van der Waals surface area contributed by atoms with Crippen LogP contribution in [-0.4, -0.2) is 6.03 Å². The van der Waals surface area contributed by atoms with Crippen LogP contribution in [0.15, 0.2) is 30.5 Å². The number of hydrogen-bond acceptors (Lipinski definition) is 1. The molecule has 0 spiro atoms. The zero-order valence-electron chi connectivity index (χ0n) is 9.29. The maximum absolute atomic E-state index is 11.4. The van der Waals surface area contributed by atoms with Crippen molar-refractivity contribution in [2.75, 3.05) is 5.32 Å². The van der Waals surface area contributed by atoms with Crippen molar-refractivity contribution in [1.29, 1.82) is 0 Å². The highest BCUT2D eigenvalue weighted by atomic mass is 16.2. The van der Waals surface area contributed by atoms with E-state index in [1.165, 1.54) is 5.56 Å². The molecule has 0 aliphatic carbocycles. The number of carbonyl (C=O) groups excluding carboxylic acids is 1. The third kappa shape index (κ3) is 3.13. The molecule has 15 heavy (non-hydrogen) atoms. The third-order valence-corrected chi connectivity index (χ3v) is 2.23. The molecule has 0 saturated heterocycles. The van der Waals surface area contributed by atoms with Gasteiger partial charge in [0.05, 0.1) is 0 Å². The first-order valence-electron chi connectivity index (χ1n) is 4.90. The highest BCUT2D eigenvalue weighted by Gasteiger charge is 2.03. The number of nitrogens with one attached hydrogen (secondary N) is 2. The van der Waals surface area contributed by atoms with E-state index in [0.29, 0.717) is 0 Å². The van der Waals surface area contributed by atoms with Gasteiger partial charge in [0.2, 0.25) is 0 Å². The van der Waals surface area contributed by atoms with Crippen molar-refractivity contribution in [3.8, 4) is 0 Å². The topological polar surface area (TPSA) is 41.1 Å². The molecule has 0 bridgehead atoms. The summed E-state index contributed by atoms with van der Waals surface area (Å²) in [6.07, 6.45) is 3.36. The number of anilines is 1. The molecule has 0 unspecified atom stereocenters. The normalized spacial score (nSPS) is 10.3. The highest BCUT2D eigenvalue weighted by molar-refractivity contribution is 5.90. The van der Waals surface area contributed by atoms with E-state index < -0.39 is 0 Å². The van der Waals surface area contributed by atoms with Crippen LogP contribution in [0.3, 0.4) is 0 Å². The Hall–Kier alpha value is -1.77. The van der Waals surface area contributed by atoms with Gasteiger partial charge in [0, 0.05) is 11.9 Å². The van der Waals surface area contributed by atoms with E-state index in [-0.39, 0.29) is 6.03 Å². The van der Waals surface area contributed by atoms with Crippen LogP contribution in [-0.2, 0) is 0 Å². The summed E-state index contributed by atoms with van der Waals surface area (Å²) in [5.74, 6) is 0. The maximum Gasteiger partial charge on any atom is 0.323 e. The van der Waals surface area contributed by atoms with Gasteiger partial charge in [0.15, 0.2) is 0 Å². The molecule has 1 aromatic rings. The zero-order chi connectivity index (χ0) is 11.3. The Morgan fingerprint density at radius 3 is 2.73 bits per heavy atom. The van der Waals surface area contributed by atoms with Crippen LogP contribution in [0.4, 0.5) is 10.5 Å². The summed E-state index contributed by atoms with van der Waals surface area (Å²) in [5.41, 5.74) is 3.10. The van der Waals surface area contributed by atoms with E-state index in [4.69, 9.17) is 0 Å². The monoisotopic (exact) mass is 204 g/mol. The van der Waals surface area contributed by atoms with E-state index in [1.807, 2.05) is 39.0 Å². The number of benzene rings is 1. The maximum atomic E-state index is 11.4. The summed E-state index contributed by atoms with van der Waals surface area (Å²) in [6, 6.07) is 5.61. The molecule has 0 aliphatic rings. The summed E-state index contributed by atoms with van der Waals surface area (Å²) < 4.78 is 0. The number of carbonyl (C=O) groups is 1. The second-order valence-electron chi connectivity index (χ2n) is 3.35. The van der Waals surface area contributed by atoms with Gasteiger partial charge in [-0.3, -0.25) is 0 Å². The lowest BCUT2D eigenvalue weighted by molar-refractivity contribution is 0.255. The van der Waals surface area contributed by atoms with E-state index in [9.17, 15) is 4.79 Å². The van der Waals surface area contributed by atoms with Gasteiger partial charge in [-0.2, -0.15) is 0 Å². The van der Waals surface area contributed by atoms with Crippen LogP contribution >= 0.6 is 0 Å². The number of urea groups is 1. The second kappa shape index (κ2) is 5.20. The Kier molecular flexibility index (Phi) is 3.92. The van der Waals surface area contributed by atoms with Gasteiger partial charge in [-0.25, -0.2) is 4.79 Å². The Morgan fingerprint density at radius 2 is 2.07 bits per heavy atom. The van der Waals surface area contributed by atoms with Gasteiger partial charge in [-0.1, -0.05) is 18.2 Å². The average Bonchev–Trinajstić information content (AvgIpc) is 2.22. The molecule has 3 heteroatoms. The van der Waals surface area contributed by atoms with Crippen molar-refractivity contribution in [3.63, 3.8) is 0 Å². The summed E-state index contributed by atoms with van der Waals surface area (Å²) >= 11 is 0. The van der Waals surface area contributed by atoms with Gasteiger partial charge in [-0.05, 0) is 38.0 Å². The standard InChI is InChI=1S/C12H16N2O/c1-4-8-13-12(15)14-11-7-5-6-9(2)10(11)3/h4-8H,1-3H3,(H2,13,14,15)/b8-4+. The van der Waals surface area contributed by atoms with Crippen LogP contribution in [0.25, 0.3) is 0 Å². The van der Waals surface area contributed by atoms with E-state index in [0.717, 1.165) is 11.3 Å². The highest BCUT2D eigenvalue weighted by Crippen LogP contribution is 2.17. The lowest BCUT2D eigenvalue weighted by Gasteiger charge is -2.09. The van der Waals surface area contributed by atoms with Crippen molar-refractivity contribution in [1.82, 2.24) is 5.32 Å². The van der Waals surface area contributed by atoms with Crippen LogP contribution in [0.1, 0.15) is 18.1 Å². The fourth-order valence-electron chi connectivity index (χ4n) is 1.20. The lowest BCUT2D eigenvalue weighted by atomic mass is 10.1. The molecular formula is C12H16N2O. The van der Waals surface area contributed by atoms with Gasteiger partial charge in [-0.15, -0.1) is 0 Å². The largest absolute Gasteiger partial charge is 0.323 e. The Balaban J connectivity index is 2.72. The molecule has 2 amide bonds. The van der Waals surface area contributed by atoms with Gasteiger partial charge in [0.1, 0.15) is 0 Å². The minimum atomic E-state index is -0.221. The van der Waals surface area contributed by atoms with Crippen molar-refractivity contribution < 1.29 is 4.79 Å². The second-order valence-corrected chi connectivity index (χ2v) is 3.35. The van der Waals surface area contributed by atoms with Crippen molar-refractivity contribution in [2.24, 2.45) is 0 Å². The third-order valence-electron chi connectivity index (χ3n) is 2.23. The Bertz CT molecular complexity index is 383. The van der Waals surface area contributed by atoms with Crippen molar-refractivity contribution >= 4 is 11.7 Å². The molecule has 0 fully saturated rings. The average molecular weight is 204 g/mol. The predicted octanol–water partition coefficient (Wildman–Crippen LogP) is 2.96. The van der Waals surface area contributed by atoms with Crippen molar-refractivity contribution in [3.05, 3.63) is 41.6 Å². The molecule has 0 aromatic heterocycles. The molecule has 3 nitrogen and oxygen atoms in total. The SMILES string of the molecule is C/C=C/NC(=O)Nc1cccc(C)c1C. The summed E-state index contributed by atoms with van der Waals surface area (Å²) in [6.45, 7) is 5.85. The molecule has 1 aromatic carbocycles. The van der Waals surface area contributed by atoms with Gasteiger partial charge >= 0.3 is 6.03 Å². The fourth-order valence-corrected chi connectivity index (χ4v) is 1.20. The number of allylic oxidation sites excluding steroid dienone is 1. The molecular weight excluding hydrogens is 188 g/mol. The van der Waals surface area contributed by atoms with Crippen LogP contribution < -0.4 is 10.6 Å². The minimum Gasteiger partial charge on any atom is -0.315 e. The quantitative estimate of drug-likeness (QED) is 0.764. The molecule has 0 radical (unpaired) electrons. The number of aryl methyl sites for hydroxylation is 1. The van der Waals surface area contributed by atoms with Gasteiger partial charge in [0.25, 0.3) is 0 Å². The summed E-state index contributed by atoms with van der Waals surface area (Å²) in [5, 5.41) is 5.38. The van der Waals surface area contributed by atoms with Gasteiger partial charge < -0.3 is 10.6 Å². The molecule has 0 heterocycles. The zero-order valence-corrected chi connectivity index (χ0v) is 9.29. The van der Waals surface area contributed by atoms with E-state index in [1.54, 1.807) is 12.3 Å². The smallest absolute Gasteiger partial charge is 0.315 e. The van der Waals surface area contributed by atoms with Crippen molar-refractivity contribution in [2.45, 2.75) is 20.8 Å². The first-order valence-corrected chi connectivity index (χ1v) is 4.90. The molecule has 2 N–H and O–H groups in total. The predicted molar refractivity (Wildman–Crippen MR) is 62.9 cm³/mol. The number of rotatable bonds is 2. The first kappa shape index (κ1) is 11.3. The number of amides is 2. The van der Waals surface area contributed by atoms with Crippen LogP contribution in [0, 0.1) is 13.8 Å².